The summed E-state index contributed by atoms with van der Waals surface area (Å²) in [4.78, 5) is 52.1. The number of rotatable bonds is 13. The number of aromatic amines is 1. The molecule has 0 aliphatic rings. The van der Waals surface area contributed by atoms with Crippen LogP contribution in [0.4, 0.5) is 0 Å². The predicted octanol–water partition coefficient (Wildman–Crippen LogP) is 5.64. The first kappa shape index (κ1) is 35.6. The molecule has 0 fully saturated rings. The summed E-state index contributed by atoms with van der Waals surface area (Å²) in [5, 5.41) is 52.0. The topological polar surface area (TPSA) is 249 Å². The molecular weight excluding hydrogens is 742 g/mol. The summed E-state index contributed by atoms with van der Waals surface area (Å²) in [5.41, 5.74) is 6.77. The summed E-state index contributed by atoms with van der Waals surface area (Å²) in [7, 11) is 0. The number of ketones is 2. The second kappa shape index (κ2) is 14.4. The molecule has 20 heteroatoms. The standard InChI is InChI=1S/C30H20Cl4N8O8/c31-16-7-19(27(49)14-3-2-13(6-20(14)43)18-10-41(40-39-18)11-23(47)48)42(30(16)34)26-24(32)29(33)37-25(26)28(50)15-4-1-12(5-21(15)44)17(38-35)8-36-9-22(45)46/h1-8,10,35-37,43-44H,9,11H2,(H,45,46)(H,47,48)/b17-8-,38-35?. The maximum atomic E-state index is 13.9. The van der Waals surface area contributed by atoms with E-state index >= 15 is 0 Å². The maximum absolute atomic E-state index is 13.9. The number of carboxylic acids is 2. The molecule has 0 spiro atoms. The van der Waals surface area contributed by atoms with Crippen LogP contribution in [-0.4, -0.2) is 75.0 Å². The second-order valence-corrected chi connectivity index (χ2v) is 11.7. The molecule has 0 aliphatic carbocycles. The Morgan fingerprint density at radius 1 is 0.940 bits per heavy atom. The second-order valence-electron chi connectivity index (χ2n) is 10.2. The van der Waals surface area contributed by atoms with E-state index in [0.717, 1.165) is 21.5 Å². The summed E-state index contributed by atoms with van der Waals surface area (Å²) >= 11 is 25.7. The van der Waals surface area contributed by atoms with E-state index in [1.165, 1.54) is 42.6 Å². The average Bonchev–Trinajstić information content (AvgIpc) is 3.73. The van der Waals surface area contributed by atoms with Crippen molar-refractivity contribution in [3.63, 3.8) is 0 Å². The van der Waals surface area contributed by atoms with E-state index in [1.54, 1.807) is 0 Å². The van der Waals surface area contributed by atoms with Gasteiger partial charge in [-0.2, -0.15) is 5.11 Å². The minimum absolute atomic E-state index is 0.0510. The fraction of sp³-hybridized carbons (Fsp3) is 0.0667. The van der Waals surface area contributed by atoms with Crippen LogP contribution in [0.2, 0.25) is 20.4 Å². The monoisotopic (exact) mass is 760 g/mol. The molecule has 0 bridgehead atoms. The van der Waals surface area contributed by atoms with Crippen LogP contribution in [0.3, 0.4) is 0 Å². The van der Waals surface area contributed by atoms with Gasteiger partial charge in [0.25, 0.3) is 0 Å². The van der Waals surface area contributed by atoms with Gasteiger partial charge in [0.15, 0.2) is 0 Å². The molecule has 16 nitrogen and oxygen atoms in total. The van der Waals surface area contributed by atoms with Crippen LogP contribution in [-0.2, 0) is 16.1 Å². The average molecular weight is 762 g/mol. The normalized spacial score (nSPS) is 11.4. The van der Waals surface area contributed by atoms with E-state index in [1.807, 2.05) is 0 Å². The third-order valence-corrected chi connectivity index (χ3v) is 8.48. The van der Waals surface area contributed by atoms with Gasteiger partial charge < -0.3 is 30.7 Å². The van der Waals surface area contributed by atoms with E-state index < -0.39 is 48.1 Å². The largest absolute Gasteiger partial charge is 0.507 e. The van der Waals surface area contributed by atoms with Crippen molar-refractivity contribution in [2.24, 2.45) is 5.11 Å². The van der Waals surface area contributed by atoms with Crippen LogP contribution in [0.1, 0.15) is 37.7 Å². The van der Waals surface area contributed by atoms with Crippen LogP contribution in [0, 0.1) is 5.53 Å². The van der Waals surface area contributed by atoms with Crippen LogP contribution in [0.25, 0.3) is 22.6 Å². The van der Waals surface area contributed by atoms with Crippen molar-refractivity contribution in [3.05, 3.63) is 103 Å². The van der Waals surface area contributed by atoms with Gasteiger partial charge in [0.05, 0.1) is 33.7 Å². The maximum Gasteiger partial charge on any atom is 0.325 e. The molecule has 5 aromatic rings. The van der Waals surface area contributed by atoms with Gasteiger partial charge in [-0.1, -0.05) is 63.7 Å². The Morgan fingerprint density at radius 2 is 1.62 bits per heavy atom. The number of carboxylic acid groups (broad SMARTS) is 2. The zero-order chi connectivity index (χ0) is 36.4. The molecule has 0 saturated carbocycles. The first-order valence-electron chi connectivity index (χ1n) is 13.8. The van der Waals surface area contributed by atoms with E-state index in [0.29, 0.717) is 5.56 Å². The molecule has 50 heavy (non-hydrogen) atoms. The van der Waals surface area contributed by atoms with Gasteiger partial charge >= 0.3 is 11.9 Å². The molecule has 3 heterocycles. The summed E-state index contributed by atoms with van der Waals surface area (Å²) in [6.45, 7) is -0.899. The van der Waals surface area contributed by atoms with Crippen molar-refractivity contribution in [3.8, 4) is 28.4 Å². The van der Waals surface area contributed by atoms with Crippen LogP contribution < -0.4 is 5.32 Å². The summed E-state index contributed by atoms with van der Waals surface area (Å²) in [5.74, 6) is -5.03. The highest BCUT2D eigenvalue weighted by atomic mass is 35.5. The number of carbonyl (C=O) groups is 4. The molecule has 5 rings (SSSR count). The molecule has 256 valence electrons. The number of phenolic OH excluding ortho intramolecular Hbond substituents is 2. The smallest absolute Gasteiger partial charge is 0.325 e. The van der Waals surface area contributed by atoms with Crippen LogP contribution in [0.15, 0.2) is 60.0 Å². The predicted molar refractivity (Wildman–Crippen MR) is 179 cm³/mol. The highest BCUT2D eigenvalue weighted by molar-refractivity contribution is 6.45. The molecule has 0 radical (unpaired) electrons. The van der Waals surface area contributed by atoms with Crippen molar-refractivity contribution in [2.45, 2.75) is 6.54 Å². The van der Waals surface area contributed by atoms with Crippen molar-refractivity contribution >= 4 is 75.6 Å². The zero-order valence-electron chi connectivity index (χ0n) is 24.8. The Kier molecular flexibility index (Phi) is 10.3. The number of benzene rings is 2. The Labute approximate surface area is 299 Å². The molecule has 0 atom stereocenters. The first-order chi connectivity index (χ1) is 23.7. The van der Waals surface area contributed by atoms with E-state index in [2.05, 4.69) is 25.7 Å². The molecule has 0 amide bonds. The van der Waals surface area contributed by atoms with Gasteiger partial charge in [0, 0.05) is 17.3 Å². The SMILES string of the molecule is N=N/C(=C\NCC(=O)O)c1ccc(C(=O)c2[nH]c(Cl)c(Cl)c2-n2c(C(=O)c3ccc(-c4cn(CC(=O)O)nn4)cc3O)cc(Cl)c2Cl)c(O)c1. The third kappa shape index (κ3) is 7.04. The fourth-order valence-corrected chi connectivity index (χ4v) is 5.58. The number of aromatic nitrogens is 5. The molecule has 2 aromatic carbocycles. The summed E-state index contributed by atoms with van der Waals surface area (Å²) in [6.07, 6.45) is 2.49. The number of hydrogen-bond donors (Lipinski definition) is 7. The van der Waals surface area contributed by atoms with Gasteiger partial charge in [-0.15, -0.1) is 5.10 Å². The lowest BCUT2D eigenvalue weighted by molar-refractivity contribution is -0.138. The lowest BCUT2D eigenvalue weighted by Gasteiger charge is -2.13. The van der Waals surface area contributed by atoms with Crippen molar-refractivity contribution in [1.29, 1.82) is 5.53 Å². The van der Waals surface area contributed by atoms with Gasteiger partial charge in [-0.25, -0.2) is 10.2 Å². The molecule has 0 unspecified atom stereocenters. The lowest BCUT2D eigenvalue weighted by atomic mass is 10.0. The van der Waals surface area contributed by atoms with E-state index in [4.69, 9.17) is 62.1 Å². The number of halogens is 4. The first-order valence-corrected chi connectivity index (χ1v) is 15.3. The molecule has 0 aliphatic heterocycles. The van der Waals surface area contributed by atoms with E-state index in [-0.39, 0.29) is 65.5 Å². The highest BCUT2D eigenvalue weighted by Gasteiger charge is 2.31. The number of aliphatic carboxylic acids is 2. The van der Waals surface area contributed by atoms with Gasteiger partial charge in [-0.05, 0) is 30.3 Å². The van der Waals surface area contributed by atoms with Gasteiger partial charge in [-0.3, -0.25) is 23.7 Å². The van der Waals surface area contributed by atoms with Gasteiger partial charge in [0.1, 0.15) is 57.0 Å². The third-order valence-electron chi connectivity index (χ3n) is 6.98. The molecule has 7 N–H and O–H groups in total. The van der Waals surface area contributed by atoms with Crippen LogP contribution in [0.5, 0.6) is 11.5 Å². The molecular formula is C30H20Cl4N8O8. The number of carbonyl (C=O) groups excluding carboxylic acids is 2. The minimum Gasteiger partial charge on any atom is -0.507 e. The Morgan fingerprint density at radius 3 is 2.26 bits per heavy atom. The number of nitrogens with one attached hydrogen (secondary N) is 3. The fourth-order valence-electron chi connectivity index (χ4n) is 4.75. The van der Waals surface area contributed by atoms with Crippen LogP contribution >= 0.6 is 46.4 Å². The van der Waals surface area contributed by atoms with Gasteiger partial charge in [0.2, 0.25) is 11.6 Å². The van der Waals surface area contributed by atoms with Crippen molar-refractivity contribution in [1.82, 2.24) is 29.9 Å². The summed E-state index contributed by atoms with van der Waals surface area (Å²) < 4.78 is 2.13. The quantitative estimate of drug-likeness (QED) is 0.0571. The van der Waals surface area contributed by atoms with E-state index in [9.17, 15) is 29.4 Å². The number of hydrogen-bond acceptors (Lipinski definition) is 11. The number of nitrogens with zero attached hydrogens (tertiary/aromatic N) is 5. The minimum atomic E-state index is -1.16. The highest BCUT2D eigenvalue weighted by Crippen LogP contribution is 2.41. The Balaban J connectivity index is 1.53. The Hall–Kier alpha value is -5.68. The lowest BCUT2D eigenvalue weighted by Crippen LogP contribution is -2.17. The molecule has 0 saturated heterocycles. The number of phenols is 2. The zero-order valence-corrected chi connectivity index (χ0v) is 27.8. The van der Waals surface area contributed by atoms with Crippen molar-refractivity contribution in [2.75, 3.05) is 6.54 Å². The Bertz CT molecular complexity index is 2260. The number of H-pyrrole nitrogens is 1. The molecule has 3 aromatic heterocycles. The van der Waals surface area contributed by atoms with Crippen molar-refractivity contribution < 1.29 is 39.6 Å². The number of aromatic hydroxyl groups is 2. The summed E-state index contributed by atoms with van der Waals surface area (Å²) in [6, 6.07) is 8.81.